The molecule has 1 rings (SSSR count). The zero-order valence-electron chi connectivity index (χ0n) is 11.8. The van der Waals surface area contributed by atoms with Crippen molar-refractivity contribution < 1.29 is 4.39 Å². The molecule has 0 aliphatic carbocycles. The van der Waals surface area contributed by atoms with Crippen LogP contribution in [0, 0.1) is 5.82 Å². The fourth-order valence-electron chi connectivity index (χ4n) is 1.75. The van der Waals surface area contributed by atoms with Crippen molar-refractivity contribution >= 4 is 11.8 Å². The Bertz CT molecular complexity index is 368. The molecular weight excluding hydrogens is 245 g/mol. The number of hydrogen-bond donors (Lipinski definition) is 1. The Morgan fingerprint density at radius 3 is 2.61 bits per heavy atom. The summed E-state index contributed by atoms with van der Waals surface area (Å²) in [5.74, 6) is -0.0945. The SMILES string of the molecule is CCCNC(C)c1cccc(F)c1SC(C)CC. The molecule has 0 amide bonds. The molecule has 0 spiro atoms. The summed E-state index contributed by atoms with van der Waals surface area (Å²) in [5, 5.41) is 3.87. The van der Waals surface area contributed by atoms with Gasteiger partial charge in [0.1, 0.15) is 5.82 Å². The van der Waals surface area contributed by atoms with Crippen molar-refractivity contribution in [3.8, 4) is 0 Å². The van der Waals surface area contributed by atoms with Crippen LogP contribution in [0.1, 0.15) is 52.1 Å². The highest BCUT2D eigenvalue weighted by atomic mass is 32.2. The topological polar surface area (TPSA) is 12.0 Å². The lowest BCUT2D eigenvalue weighted by atomic mass is 10.1. The molecule has 0 bridgehead atoms. The lowest BCUT2D eigenvalue weighted by Crippen LogP contribution is -2.20. The molecule has 0 saturated carbocycles. The summed E-state index contributed by atoms with van der Waals surface area (Å²) < 4.78 is 14.0. The molecule has 1 N–H and O–H groups in total. The third-order valence-corrected chi connectivity index (χ3v) is 4.46. The van der Waals surface area contributed by atoms with Crippen LogP contribution in [-0.4, -0.2) is 11.8 Å². The van der Waals surface area contributed by atoms with E-state index in [4.69, 9.17) is 0 Å². The summed E-state index contributed by atoms with van der Waals surface area (Å²) in [7, 11) is 0. The Morgan fingerprint density at radius 1 is 1.28 bits per heavy atom. The quantitative estimate of drug-likeness (QED) is 0.715. The fourth-order valence-corrected chi connectivity index (χ4v) is 2.88. The molecular formula is C15H24FNS. The van der Waals surface area contributed by atoms with E-state index < -0.39 is 0 Å². The molecule has 0 aliphatic rings. The van der Waals surface area contributed by atoms with Gasteiger partial charge in [0.2, 0.25) is 0 Å². The first-order valence-electron chi connectivity index (χ1n) is 6.78. The lowest BCUT2D eigenvalue weighted by Gasteiger charge is -2.19. The average Bonchev–Trinajstić information content (AvgIpc) is 2.38. The van der Waals surface area contributed by atoms with Crippen molar-refractivity contribution in [2.45, 2.75) is 56.7 Å². The van der Waals surface area contributed by atoms with Gasteiger partial charge in [0.15, 0.2) is 0 Å². The van der Waals surface area contributed by atoms with E-state index in [2.05, 4.69) is 33.0 Å². The molecule has 0 radical (unpaired) electrons. The largest absolute Gasteiger partial charge is 0.310 e. The van der Waals surface area contributed by atoms with Crippen molar-refractivity contribution in [3.05, 3.63) is 29.6 Å². The van der Waals surface area contributed by atoms with Crippen LogP contribution in [-0.2, 0) is 0 Å². The number of rotatable bonds is 7. The molecule has 0 aliphatic heterocycles. The van der Waals surface area contributed by atoms with Crippen LogP contribution in [0.25, 0.3) is 0 Å². The van der Waals surface area contributed by atoms with Gasteiger partial charge in [0.25, 0.3) is 0 Å². The Balaban J connectivity index is 2.92. The molecule has 1 aromatic carbocycles. The Labute approximate surface area is 115 Å². The number of nitrogens with one attached hydrogen (secondary N) is 1. The standard InChI is InChI=1S/C15H24FNS/c1-5-10-17-12(4)13-8-7-9-14(16)15(13)18-11(3)6-2/h7-9,11-12,17H,5-6,10H2,1-4H3. The van der Waals surface area contributed by atoms with Gasteiger partial charge in [-0.1, -0.05) is 32.9 Å². The van der Waals surface area contributed by atoms with Crippen LogP contribution >= 0.6 is 11.8 Å². The summed E-state index contributed by atoms with van der Waals surface area (Å²) in [5.41, 5.74) is 1.08. The van der Waals surface area contributed by atoms with Gasteiger partial charge in [-0.05, 0) is 37.9 Å². The van der Waals surface area contributed by atoms with Crippen LogP contribution < -0.4 is 5.32 Å². The second-order valence-electron chi connectivity index (χ2n) is 4.67. The fraction of sp³-hybridized carbons (Fsp3) is 0.600. The minimum Gasteiger partial charge on any atom is -0.310 e. The van der Waals surface area contributed by atoms with E-state index in [1.54, 1.807) is 23.9 Å². The van der Waals surface area contributed by atoms with Crippen molar-refractivity contribution in [3.63, 3.8) is 0 Å². The summed E-state index contributed by atoms with van der Waals surface area (Å²) >= 11 is 1.64. The highest BCUT2D eigenvalue weighted by molar-refractivity contribution is 8.00. The van der Waals surface area contributed by atoms with Crippen molar-refractivity contribution in [2.75, 3.05) is 6.54 Å². The van der Waals surface area contributed by atoms with Crippen LogP contribution in [0.4, 0.5) is 4.39 Å². The minimum atomic E-state index is -0.0945. The van der Waals surface area contributed by atoms with E-state index in [0.29, 0.717) is 5.25 Å². The summed E-state index contributed by atoms with van der Waals surface area (Å²) in [6.07, 6.45) is 2.14. The average molecular weight is 269 g/mol. The monoisotopic (exact) mass is 269 g/mol. The maximum absolute atomic E-state index is 14.0. The highest BCUT2D eigenvalue weighted by Gasteiger charge is 2.16. The molecule has 0 aromatic heterocycles. The van der Waals surface area contributed by atoms with Crippen molar-refractivity contribution in [2.24, 2.45) is 0 Å². The van der Waals surface area contributed by atoms with E-state index >= 15 is 0 Å². The first kappa shape index (κ1) is 15.5. The summed E-state index contributed by atoms with van der Waals surface area (Å²) in [6.45, 7) is 9.48. The van der Waals surface area contributed by atoms with Gasteiger partial charge in [0, 0.05) is 16.2 Å². The van der Waals surface area contributed by atoms with Gasteiger partial charge in [-0.3, -0.25) is 0 Å². The van der Waals surface area contributed by atoms with E-state index in [1.165, 1.54) is 0 Å². The predicted octanol–water partition coefficient (Wildman–Crippen LogP) is 4.78. The van der Waals surface area contributed by atoms with Gasteiger partial charge >= 0.3 is 0 Å². The third-order valence-electron chi connectivity index (χ3n) is 3.06. The van der Waals surface area contributed by atoms with E-state index in [1.807, 2.05) is 6.07 Å². The number of halogens is 1. The number of hydrogen-bond acceptors (Lipinski definition) is 2. The predicted molar refractivity (Wildman–Crippen MR) is 78.7 cm³/mol. The van der Waals surface area contributed by atoms with E-state index in [9.17, 15) is 4.39 Å². The zero-order chi connectivity index (χ0) is 13.5. The number of thioether (sulfide) groups is 1. The molecule has 0 saturated heterocycles. The molecule has 2 atom stereocenters. The van der Waals surface area contributed by atoms with E-state index in [-0.39, 0.29) is 11.9 Å². The second kappa shape index (κ2) is 7.80. The first-order chi connectivity index (χ1) is 8.60. The van der Waals surface area contributed by atoms with Crippen molar-refractivity contribution in [1.29, 1.82) is 0 Å². The molecule has 18 heavy (non-hydrogen) atoms. The maximum Gasteiger partial charge on any atom is 0.137 e. The number of benzene rings is 1. The van der Waals surface area contributed by atoms with Gasteiger partial charge in [-0.2, -0.15) is 0 Å². The van der Waals surface area contributed by atoms with Crippen molar-refractivity contribution in [1.82, 2.24) is 5.32 Å². The van der Waals surface area contributed by atoms with E-state index in [0.717, 1.165) is 29.8 Å². The normalized spacial score (nSPS) is 14.5. The molecule has 3 heteroatoms. The van der Waals surface area contributed by atoms with Crippen LogP contribution in [0.2, 0.25) is 0 Å². The smallest absolute Gasteiger partial charge is 0.137 e. The molecule has 102 valence electrons. The molecule has 0 heterocycles. The molecule has 1 nitrogen and oxygen atoms in total. The molecule has 0 fully saturated rings. The molecule has 2 unspecified atom stereocenters. The van der Waals surface area contributed by atoms with Gasteiger partial charge in [-0.15, -0.1) is 11.8 Å². The van der Waals surface area contributed by atoms with Crippen LogP contribution in [0.15, 0.2) is 23.1 Å². The van der Waals surface area contributed by atoms with Crippen LogP contribution in [0.5, 0.6) is 0 Å². The van der Waals surface area contributed by atoms with Gasteiger partial charge < -0.3 is 5.32 Å². The summed E-state index contributed by atoms with van der Waals surface area (Å²) in [6, 6.07) is 5.59. The van der Waals surface area contributed by atoms with Gasteiger partial charge in [0.05, 0.1) is 0 Å². The lowest BCUT2D eigenvalue weighted by molar-refractivity contribution is 0.543. The Kier molecular flexibility index (Phi) is 6.72. The third kappa shape index (κ3) is 4.29. The Hall–Kier alpha value is -0.540. The summed E-state index contributed by atoms with van der Waals surface area (Å²) in [4.78, 5) is 0.808. The Morgan fingerprint density at radius 2 is 2.00 bits per heavy atom. The van der Waals surface area contributed by atoms with Crippen LogP contribution in [0.3, 0.4) is 0 Å². The zero-order valence-corrected chi connectivity index (χ0v) is 12.6. The minimum absolute atomic E-state index is 0.0945. The molecule has 1 aromatic rings. The second-order valence-corrected chi connectivity index (χ2v) is 6.12. The maximum atomic E-state index is 14.0. The van der Waals surface area contributed by atoms with Gasteiger partial charge in [-0.25, -0.2) is 4.39 Å². The first-order valence-corrected chi connectivity index (χ1v) is 7.66. The highest BCUT2D eigenvalue weighted by Crippen LogP contribution is 2.33.